The Bertz CT molecular complexity index is 1380. The molecule has 1 atom stereocenters. The van der Waals surface area contributed by atoms with Gasteiger partial charge in [0.15, 0.2) is 23.3 Å². The van der Waals surface area contributed by atoms with Gasteiger partial charge in [-0.05, 0) is 42.8 Å². The van der Waals surface area contributed by atoms with Crippen LogP contribution >= 0.6 is 11.6 Å². The van der Waals surface area contributed by atoms with Gasteiger partial charge in [0, 0.05) is 24.2 Å². The van der Waals surface area contributed by atoms with Crippen molar-refractivity contribution in [3.05, 3.63) is 94.6 Å². The van der Waals surface area contributed by atoms with Gasteiger partial charge in [-0.2, -0.15) is 0 Å². The number of allylic oxidation sites excluding steroid dienone is 2. The van der Waals surface area contributed by atoms with Crippen LogP contribution < -0.4 is 10.1 Å². The molecule has 0 amide bonds. The molecule has 0 radical (unpaired) electrons. The minimum Gasteiger partial charge on any atom is -0.494 e. The van der Waals surface area contributed by atoms with E-state index in [0.29, 0.717) is 28.0 Å². The first-order chi connectivity index (χ1) is 16.8. The third kappa shape index (κ3) is 4.32. The number of aryl methyl sites for hydroxylation is 1. The Balaban J connectivity index is 1.45. The summed E-state index contributed by atoms with van der Waals surface area (Å²) in [6.45, 7) is 1.88. The first-order valence-corrected chi connectivity index (χ1v) is 10.9. The predicted molar refractivity (Wildman–Crippen MR) is 125 cm³/mol. The maximum Gasteiger partial charge on any atom is 0.196 e. The second-order valence-corrected chi connectivity index (χ2v) is 8.37. The van der Waals surface area contributed by atoms with Crippen LogP contribution in [-0.4, -0.2) is 34.0 Å². The van der Waals surface area contributed by atoms with E-state index in [1.165, 1.54) is 0 Å². The molecular formula is C24H19ClF3N5O2. The van der Waals surface area contributed by atoms with Crippen molar-refractivity contribution in [3.8, 4) is 11.4 Å². The van der Waals surface area contributed by atoms with Crippen LogP contribution in [0.1, 0.15) is 17.3 Å². The van der Waals surface area contributed by atoms with Gasteiger partial charge in [-0.1, -0.05) is 16.8 Å². The van der Waals surface area contributed by atoms with Crippen molar-refractivity contribution in [2.24, 2.45) is 5.16 Å². The van der Waals surface area contributed by atoms with Gasteiger partial charge in [-0.25, -0.2) is 18.2 Å². The largest absolute Gasteiger partial charge is 0.494 e. The SMILES string of the molecule is COc1cc(NC2=CC(Cl)=CN3C2=NOCC3c2cc(F)c(F)c(F)c2)ccc1-n1cnc(C)c1. The van der Waals surface area contributed by atoms with Crippen LogP contribution in [0.2, 0.25) is 0 Å². The lowest BCUT2D eigenvalue weighted by Gasteiger charge is -2.37. The van der Waals surface area contributed by atoms with E-state index < -0.39 is 23.5 Å². The van der Waals surface area contributed by atoms with Gasteiger partial charge in [0.25, 0.3) is 0 Å². The Hall–Kier alpha value is -3.92. The molecule has 0 saturated heterocycles. The number of benzene rings is 2. The maximum atomic E-state index is 13.9. The Kier molecular flexibility index (Phi) is 5.89. The first kappa shape index (κ1) is 22.9. The minimum atomic E-state index is -1.53. The number of anilines is 1. The number of hydrogen-bond acceptors (Lipinski definition) is 6. The minimum absolute atomic E-state index is 0.0190. The fourth-order valence-electron chi connectivity index (χ4n) is 3.95. The fourth-order valence-corrected chi connectivity index (χ4v) is 4.16. The second kappa shape index (κ2) is 9.03. The van der Waals surface area contributed by atoms with Crippen LogP contribution in [0, 0.1) is 24.4 Å². The summed E-state index contributed by atoms with van der Waals surface area (Å²) in [5.74, 6) is -3.17. The fraction of sp³-hybridized carbons (Fsp3) is 0.167. The molecule has 180 valence electrons. The normalized spacial score (nSPS) is 17.1. The molecule has 2 aromatic carbocycles. The summed E-state index contributed by atoms with van der Waals surface area (Å²) in [5, 5.41) is 7.71. The monoisotopic (exact) mass is 501 g/mol. The quantitative estimate of drug-likeness (QED) is 0.475. The van der Waals surface area contributed by atoms with Crippen molar-refractivity contribution in [3.63, 3.8) is 0 Å². The molecule has 0 bridgehead atoms. The molecule has 0 saturated carbocycles. The molecule has 1 N–H and O–H groups in total. The number of nitrogens with one attached hydrogen (secondary N) is 1. The lowest BCUT2D eigenvalue weighted by molar-refractivity contribution is 0.0753. The summed E-state index contributed by atoms with van der Waals surface area (Å²) in [6.07, 6.45) is 6.80. The molecule has 2 aliphatic heterocycles. The van der Waals surface area contributed by atoms with E-state index in [4.69, 9.17) is 21.2 Å². The van der Waals surface area contributed by atoms with Crippen molar-refractivity contribution >= 4 is 23.1 Å². The number of halogens is 4. The van der Waals surface area contributed by atoms with Crippen LogP contribution in [0.4, 0.5) is 18.9 Å². The highest BCUT2D eigenvalue weighted by molar-refractivity contribution is 6.32. The highest BCUT2D eigenvalue weighted by Crippen LogP contribution is 2.34. The summed E-state index contributed by atoms with van der Waals surface area (Å²) < 4.78 is 48.7. The van der Waals surface area contributed by atoms with Gasteiger partial charge in [0.2, 0.25) is 0 Å². The molecular weight excluding hydrogens is 483 g/mol. The first-order valence-electron chi connectivity index (χ1n) is 10.5. The van der Waals surface area contributed by atoms with Crippen molar-refractivity contribution in [2.45, 2.75) is 13.0 Å². The van der Waals surface area contributed by atoms with Gasteiger partial charge >= 0.3 is 0 Å². The van der Waals surface area contributed by atoms with E-state index in [-0.39, 0.29) is 12.2 Å². The second-order valence-electron chi connectivity index (χ2n) is 7.94. The lowest BCUT2D eigenvalue weighted by Crippen LogP contribution is -2.40. The lowest BCUT2D eigenvalue weighted by atomic mass is 10.0. The smallest absolute Gasteiger partial charge is 0.196 e. The van der Waals surface area contributed by atoms with E-state index in [2.05, 4.69) is 15.5 Å². The molecule has 3 heterocycles. The predicted octanol–water partition coefficient (Wildman–Crippen LogP) is 5.38. The van der Waals surface area contributed by atoms with Gasteiger partial charge in [0.05, 0.1) is 41.6 Å². The summed E-state index contributed by atoms with van der Waals surface area (Å²) in [5.41, 5.74) is 3.00. The molecule has 2 aliphatic rings. The van der Waals surface area contributed by atoms with Crippen molar-refractivity contribution in [1.82, 2.24) is 14.5 Å². The molecule has 0 aliphatic carbocycles. The molecule has 0 fully saturated rings. The molecule has 1 aromatic heterocycles. The summed E-state index contributed by atoms with van der Waals surface area (Å²) in [6, 6.07) is 6.69. The zero-order valence-corrected chi connectivity index (χ0v) is 19.4. The number of imidazole rings is 1. The Morgan fingerprint density at radius 1 is 1.17 bits per heavy atom. The van der Waals surface area contributed by atoms with Crippen molar-refractivity contribution < 1.29 is 22.7 Å². The van der Waals surface area contributed by atoms with Gasteiger partial charge in [0.1, 0.15) is 12.4 Å². The highest BCUT2D eigenvalue weighted by Gasteiger charge is 2.33. The zero-order valence-electron chi connectivity index (χ0n) is 18.6. The number of methoxy groups -OCH3 is 1. The summed E-state index contributed by atoms with van der Waals surface area (Å²) >= 11 is 6.37. The zero-order chi connectivity index (χ0) is 24.7. The van der Waals surface area contributed by atoms with Crippen molar-refractivity contribution in [2.75, 3.05) is 19.0 Å². The molecule has 11 heteroatoms. The van der Waals surface area contributed by atoms with Crippen LogP contribution in [0.25, 0.3) is 5.69 Å². The molecule has 35 heavy (non-hydrogen) atoms. The summed E-state index contributed by atoms with van der Waals surface area (Å²) in [4.78, 5) is 11.2. The van der Waals surface area contributed by atoms with Crippen LogP contribution in [0.5, 0.6) is 5.75 Å². The standard InChI is InChI=1S/C24H19ClF3N5O2/c1-13-9-32(12-29-13)20-4-3-16(8-22(20)34-2)30-19-7-15(25)10-33-21(11-35-31-24(19)33)14-5-17(26)23(28)18(27)6-14/h3-10,12,21,30H,11H2,1-2H3. The number of amidine groups is 1. The number of ether oxygens (including phenoxy) is 1. The molecule has 1 unspecified atom stereocenters. The van der Waals surface area contributed by atoms with Gasteiger partial charge < -0.3 is 24.4 Å². The molecule has 7 nitrogen and oxygen atoms in total. The third-order valence-corrected chi connectivity index (χ3v) is 5.80. The van der Waals surface area contributed by atoms with Crippen molar-refractivity contribution in [1.29, 1.82) is 0 Å². The number of rotatable bonds is 5. The average Bonchev–Trinajstić information content (AvgIpc) is 3.27. The van der Waals surface area contributed by atoms with Crippen LogP contribution in [0.3, 0.4) is 0 Å². The van der Waals surface area contributed by atoms with E-state index in [9.17, 15) is 13.2 Å². The van der Waals surface area contributed by atoms with E-state index in [1.807, 2.05) is 29.8 Å². The Morgan fingerprint density at radius 2 is 1.94 bits per heavy atom. The topological polar surface area (TPSA) is 63.9 Å². The number of nitrogens with zero attached hydrogens (tertiary/aromatic N) is 4. The highest BCUT2D eigenvalue weighted by atomic mass is 35.5. The average molecular weight is 502 g/mol. The maximum absolute atomic E-state index is 13.9. The number of oxime groups is 1. The van der Waals surface area contributed by atoms with Crippen LogP contribution in [-0.2, 0) is 4.84 Å². The molecule has 5 rings (SSSR count). The van der Waals surface area contributed by atoms with Gasteiger partial charge in [-0.3, -0.25) is 0 Å². The number of aromatic nitrogens is 2. The van der Waals surface area contributed by atoms with Gasteiger partial charge in [-0.15, -0.1) is 0 Å². The molecule has 3 aromatic rings. The Morgan fingerprint density at radius 3 is 2.63 bits per heavy atom. The molecule has 0 spiro atoms. The van der Waals surface area contributed by atoms with E-state index in [1.54, 1.807) is 36.7 Å². The van der Waals surface area contributed by atoms with Crippen LogP contribution in [0.15, 0.2) is 71.0 Å². The van der Waals surface area contributed by atoms with E-state index in [0.717, 1.165) is 23.5 Å². The number of fused-ring (bicyclic) bond motifs is 1. The Labute approximate surface area is 203 Å². The van der Waals surface area contributed by atoms with E-state index >= 15 is 0 Å². The third-order valence-electron chi connectivity index (χ3n) is 5.59. The number of hydrogen-bond donors (Lipinski definition) is 1. The summed E-state index contributed by atoms with van der Waals surface area (Å²) in [7, 11) is 1.57.